The lowest BCUT2D eigenvalue weighted by Gasteiger charge is -2.44. The first-order valence-corrected chi connectivity index (χ1v) is 5.36. The van der Waals surface area contributed by atoms with Gasteiger partial charge in [0, 0.05) is 5.92 Å². The SMILES string of the molecule is C[C@@H]1C(=O)C=C[C@]2(C)CCCC[C@@H]12. The zero-order valence-corrected chi connectivity index (χ0v) is 8.55. The van der Waals surface area contributed by atoms with E-state index in [1.54, 1.807) is 0 Å². The van der Waals surface area contributed by atoms with Crippen molar-refractivity contribution in [3.05, 3.63) is 12.2 Å². The zero-order chi connectivity index (χ0) is 9.47. The number of hydrogen-bond acceptors (Lipinski definition) is 1. The lowest BCUT2D eigenvalue weighted by atomic mass is 9.60. The molecule has 0 aromatic carbocycles. The third-order valence-electron chi connectivity index (χ3n) is 4.01. The summed E-state index contributed by atoms with van der Waals surface area (Å²) in [6, 6.07) is 0. The standard InChI is InChI=1S/C12H18O/c1-9-10-5-3-4-7-12(10,2)8-6-11(9)13/h6,8-10H,3-5,7H2,1-2H3/t9-,10-,12-/m0/s1. The van der Waals surface area contributed by atoms with Crippen LogP contribution in [0.15, 0.2) is 12.2 Å². The molecule has 0 saturated heterocycles. The summed E-state index contributed by atoms with van der Waals surface area (Å²) in [5.41, 5.74) is 0.325. The van der Waals surface area contributed by atoms with E-state index in [-0.39, 0.29) is 5.92 Å². The van der Waals surface area contributed by atoms with Crippen LogP contribution in [0, 0.1) is 17.3 Å². The van der Waals surface area contributed by atoms with Gasteiger partial charge < -0.3 is 0 Å². The van der Waals surface area contributed by atoms with Crippen LogP contribution in [-0.4, -0.2) is 5.78 Å². The molecule has 0 heterocycles. The van der Waals surface area contributed by atoms with Crippen molar-refractivity contribution in [3.8, 4) is 0 Å². The van der Waals surface area contributed by atoms with E-state index in [1.807, 2.05) is 6.08 Å². The van der Waals surface area contributed by atoms with Crippen molar-refractivity contribution >= 4 is 5.78 Å². The summed E-state index contributed by atoms with van der Waals surface area (Å²) in [7, 11) is 0. The normalized spacial score (nSPS) is 44.6. The topological polar surface area (TPSA) is 17.1 Å². The van der Waals surface area contributed by atoms with Gasteiger partial charge in [-0.05, 0) is 30.3 Å². The average Bonchev–Trinajstić information content (AvgIpc) is 2.12. The van der Waals surface area contributed by atoms with Crippen molar-refractivity contribution in [2.45, 2.75) is 39.5 Å². The second kappa shape index (κ2) is 2.97. The molecule has 72 valence electrons. The van der Waals surface area contributed by atoms with Crippen molar-refractivity contribution in [2.75, 3.05) is 0 Å². The summed E-state index contributed by atoms with van der Waals surface area (Å²) >= 11 is 0. The highest BCUT2D eigenvalue weighted by Gasteiger charge is 2.41. The second-order valence-electron chi connectivity index (χ2n) is 4.88. The van der Waals surface area contributed by atoms with E-state index in [0.29, 0.717) is 17.1 Å². The molecule has 0 amide bonds. The van der Waals surface area contributed by atoms with Gasteiger partial charge in [-0.3, -0.25) is 4.79 Å². The molecule has 2 aliphatic carbocycles. The van der Waals surface area contributed by atoms with Gasteiger partial charge in [0.2, 0.25) is 0 Å². The van der Waals surface area contributed by atoms with E-state index in [9.17, 15) is 4.79 Å². The fourth-order valence-corrected chi connectivity index (χ4v) is 3.04. The van der Waals surface area contributed by atoms with Crippen molar-refractivity contribution in [1.82, 2.24) is 0 Å². The van der Waals surface area contributed by atoms with Crippen molar-refractivity contribution in [1.29, 1.82) is 0 Å². The summed E-state index contributed by atoms with van der Waals surface area (Å²) in [6.45, 7) is 4.41. The molecule has 0 aromatic heterocycles. The Morgan fingerprint density at radius 1 is 1.46 bits per heavy atom. The third-order valence-corrected chi connectivity index (χ3v) is 4.01. The Balaban J connectivity index is 2.31. The average molecular weight is 178 g/mol. The Morgan fingerprint density at radius 2 is 2.23 bits per heavy atom. The molecule has 2 aliphatic rings. The summed E-state index contributed by atoms with van der Waals surface area (Å²) in [5, 5.41) is 0. The molecule has 0 aliphatic heterocycles. The number of allylic oxidation sites excluding steroid dienone is 2. The quantitative estimate of drug-likeness (QED) is 0.557. The Hall–Kier alpha value is -0.590. The highest BCUT2D eigenvalue weighted by Crippen LogP contribution is 2.48. The van der Waals surface area contributed by atoms with Crippen LogP contribution in [0.5, 0.6) is 0 Å². The van der Waals surface area contributed by atoms with Crippen LogP contribution in [-0.2, 0) is 4.79 Å². The van der Waals surface area contributed by atoms with Crippen molar-refractivity contribution < 1.29 is 4.79 Å². The molecule has 3 atom stereocenters. The largest absolute Gasteiger partial charge is 0.295 e. The highest BCUT2D eigenvalue weighted by molar-refractivity contribution is 5.92. The molecule has 1 heteroatoms. The monoisotopic (exact) mass is 178 g/mol. The molecule has 0 bridgehead atoms. The Bertz CT molecular complexity index is 254. The summed E-state index contributed by atoms with van der Waals surface area (Å²) in [4.78, 5) is 11.5. The molecule has 0 N–H and O–H groups in total. The molecule has 1 nitrogen and oxygen atoms in total. The van der Waals surface area contributed by atoms with Gasteiger partial charge >= 0.3 is 0 Å². The van der Waals surface area contributed by atoms with Crippen LogP contribution in [0.1, 0.15) is 39.5 Å². The van der Waals surface area contributed by atoms with Gasteiger partial charge in [0.05, 0.1) is 0 Å². The lowest BCUT2D eigenvalue weighted by Crippen LogP contribution is -2.39. The molecule has 13 heavy (non-hydrogen) atoms. The number of hydrogen-bond donors (Lipinski definition) is 0. The van der Waals surface area contributed by atoms with E-state index in [1.165, 1.54) is 25.7 Å². The minimum absolute atomic E-state index is 0.260. The minimum Gasteiger partial charge on any atom is -0.295 e. The van der Waals surface area contributed by atoms with Crippen LogP contribution in [0.2, 0.25) is 0 Å². The Morgan fingerprint density at radius 3 is 3.00 bits per heavy atom. The zero-order valence-electron chi connectivity index (χ0n) is 8.55. The number of carbonyl (C=O) groups excluding carboxylic acids is 1. The molecule has 2 rings (SSSR count). The van der Waals surface area contributed by atoms with Crippen molar-refractivity contribution in [3.63, 3.8) is 0 Å². The van der Waals surface area contributed by atoms with Gasteiger partial charge in [0.1, 0.15) is 0 Å². The maximum Gasteiger partial charge on any atom is 0.158 e. The van der Waals surface area contributed by atoms with Gasteiger partial charge in [-0.2, -0.15) is 0 Å². The molecule has 0 radical (unpaired) electrons. The molecule has 1 fully saturated rings. The second-order valence-corrected chi connectivity index (χ2v) is 4.88. The van der Waals surface area contributed by atoms with Crippen LogP contribution in [0.4, 0.5) is 0 Å². The van der Waals surface area contributed by atoms with Gasteiger partial charge in [0.25, 0.3) is 0 Å². The van der Waals surface area contributed by atoms with Gasteiger partial charge in [0.15, 0.2) is 5.78 Å². The van der Waals surface area contributed by atoms with E-state index < -0.39 is 0 Å². The predicted octanol–water partition coefficient (Wildman–Crippen LogP) is 2.96. The number of fused-ring (bicyclic) bond motifs is 1. The van der Waals surface area contributed by atoms with Gasteiger partial charge in [-0.1, -0.05) is 32.8 Å². The fraction of sp³-hybridized carbons (Fsp3) is 0.750. The predicted molar refractivity (Wildman–Crippen MR) is 53.4 cm³/mol. The maximum absolute atomic E-state index is 11.5. The minimum atomic E-state index is 0.260. The Kier molecular flexibility index (Phi) is 2.05. The van der Waals surface area contributed by atoms with E-state index in [2.05, 4.69) is 19.9 Å². The van der Waals surface area contributed by atoms with Crippen LogP contribution >= 0.6 is 0 Å². The molecule has 0 aromatic rings. The molecular weight excluding hydrogens is 160 g/mol. The molecule has 0 unspecified atom stereocenters. The van der Waals surface area contributed by atoms with Crippen LogP contribution in [0.3, 0.4) is 0 Å². The first-order chi connectivity index (χ1) is 6.13. The van der Waals surface area contributed by atoms with Crippen molar-refractivity contribution in [2.24, 2.45) is 17.3 Å². The van der Waals surface area contributed by atoms with E-state index in [0.717, 1.165) is 0 Å². The first kappa shape index (κ1) is 8.98. The maximum atomic E-state index is 11.5. The van der Waals surface area contributed by atoms with Crippen LogP contribution < -0.4 is 0 Å². The number of carbonyl (C=O) groups is 1. The highest BCUT2D eigenvalue weighted by atomic mass is 16.1. The summed E-state index contributed by atoms with van der Waals surface area (Å²) < 4.78 is 0. The first-order valence-electron chi connectivity index (χ1n) is 5.36. The molecule has 1 saturated carbocycles. The fourth-order valence-electron chi connectivity index (χ4n) is 3.04. The molecule has 0 spiro atoms. The number of ketones is 1. The van der Waals surface area contributed by atoms with E-state index >= 15 is 0 Å². The number of rotatable bonds is 0. The smallest absolute Gasteiger partial charge is 0.158 e. The van der Waals surface area contributed by atoms with E-state index in [4.69, 9.17) is 0 Å². The van der Waals surface area contributed by atoms with Gasteiger partial charge in [-0.15, -0.1) is 0 Å². The molecular formula is C12H18O. The third kappa shape index (κ3) is 1.34. The summed E-state index contributed by atoms with van der Waals surface area (Å²) in [5.74, 6) is 1.21. The lowest BCUT2D eigenvalue weighted by molar-refractivity contribution is -0.122. The van der Waals surface area contributed by atoms with Crippen LogP contribution in [0.25, 0.3) is 0 Å². The summed E-state index contributed by atoms with van der Waals surface area (Å²) in [6.07, 6.45) is 9.13. The van der Waals surface area contributed by atoms with Gasteiger partial charge in [-0.25, -0.2) is 0 Å². The Labute approximate surface area is 80.2 Å².